The molecule has 0 aromatic carbocycles. The Labute approximate surface area is 101 Å². The predicted molar refractivity (Wildman–Crippen MR) is 67.9 cm³/mol. The molecular formula is C13H18N4. The molecule has 3 heterocycles. The quantitative estimate of drug-likeness (QED) is 0.789. The number of hydrogen-bond donors (Lipinski definition) is 2. The van der Waals surface area contributed by atoms with E-state index in [0.717, 1.165) is 29.7 Å². The van der Waals surface area contributed by atoms with Crippen molar-refractivity contribution < 1.29 is 0 Å². The third-order valence-corrected chi connectivity index (χ3v) is 3.53. The Balaban J connectivity index is 1.91. The van der Waals surface area contributed by atoms with E-state index in [0.29, 0.717) is 18.0 Å². The summed E-state index contributed by atoms with van der Waals surface area (Å²) in [5, 5.41) is 3.55. The number of H-pyrrole nitrogens is 1. The zero-order valence-corrected chi connectivity index (χ0v) is 10.3. The van der Waals surface area contributed by atoms with Gasteiger partial charge in [0, 0.05) is 24.2 Å². The van der Waals surface area contributed by atoms with Crippen LogP contribution in [0.4, 0.5) is 0 Å². The van der Waals surface area contributed by atoms with Crippen LogP contribution in [0.2, 0.25) is 0 Å². The summed E-state index contributed by atoms with van der Waals surface area (Å²) in [5.41, 5.74) is 2.04. The lowest BCUT2D eigenvalue weighted by Crippen LogP contribution is -2.41. The molecular weight excluding hydrogens is 212 g/mol. The first-order chi connectivity index (χ1) is 8.22. The topological polar surface area (TPSA) is 53.6 Å². The van der Waals surface area contributed by atoms with Crippen LogP contribution in [0, 0.1) is 0 Å². The van der Waals surface area contributed by atoms with E-state index in [9.17, 15) is 0 Å². The highest BCUT2D eigenvalue weighted by atomic mass is 15.0. The molecule has 0 radical (unpaired) electrons. The van der Waals surface area contributed by atoms with Crippen molar-refractivity contribution in [3.63, 3.8) is 0 Å². The lowest BCUT2D eigenvalue weighted by molar-refractivity contribution is 0.310. The molecule has 2 aromatic rings. The molecule has 2 N–H and O–H groups in total. The van der Waals surface area contributed by atoms with Crippen LogP contribution in [0.25, 0.3) is 11.0 Å². The molecule has 1 saturated heterocycles. The molecule has 0 bridgehead atoms. The van der Waals surface area contributed by atoms with Crippen LogP contribution in [0.1, 0.15) is 38.4 Å². The Hall–Kier alpha value is -1.42. The zero-order valence-electron chi connectivity index (χ0n) is 10.3. The van der Waals surface area contributed by atoms with Crippen molar-refractivity contribution in [2.24, 2.45) is 0 Å². The maximum absolute atomic E-state index is 4.66. The number of piperidine rings is 1. The molecule has 0 aliphatic carbocycles. The zero-order chi connectivity index (χ0) is 11.8. The number of aromatic nitrogens is 3. The lowest BCUT2D eigenvalue weighted by Gasteiger charge is -2.32. The van der Waals surface area contributed by atoms with Crippen molar-refractivity contribution in [2.75, 3.05) is 0 Å². The molecule has 2 atom stereocenters. The first-order valence-electron chi connectivity index (χ1n) is 6.28. The number of hydrogen-bond acceptors (Lipinski definition) is 3. The SMILES string of the molecule is CC1CC(c2ncc3[nH]ccc3n2)CC(C)N1. The van der Waals surface area contributed by atoms with Gasteiger partial charge in [-0.2, -0.15) is 0 Å². The van der Waals surface area contributed by atoms with E-state index in [2.05, 4.69) is 34.1 Å². The third kappa shape index (κ3) is 2.05. The van der Waals surface area contributed by atoms with Crippen LogP contribution in [0.3, 0.4) is 0 Å². The summed E-state index contributed by atoms with van der Waals surface area (Å²) in [7, 11) is 0. The number of nitrogens with one attached hydrogen (secondary N) is 2. The minimum Gasteiger partial charge on any atom is -0.359 e. The van der Waals surface area contributed by atoms with Gasteiger partial charge in [0.15, 0.2) is 0 Å². The van der Waals surface area contributed by atoms with Gasteiger partial charge in [0.05, 0.1) is 17.2 Å². The van der Waals surface area contributed by atoms with Gasteiger partial charge in [-0.05, 0) is 32.8 Å². The number of fused-ring (bicyclic) bond motifs is 1. The normalized spacial score (nSPS) is 29.6. The third-order valence-electron chi connectivity index (χ3n) is 3.53. The summed E-state index contributed by atoms with van der Waals surface area (Å²) in [6, 6.07) is 3.11. The van der Waals surface area contributed by atoms with E-state index < -0.39 is 0 Å². The Kier molecular flexibility index (Phi) is 2.59. The fraction of sp³-hybridized carbons (Fsp3) is 0.538. The Morgan fingerprint density at radius 1 is 1.24 bits per heavy atom. The number of nitrogens with zero attached hydrogens (tertiary/aromatic N) is 2. The molecule has 17 heavy (non-hydrogen) atoms. The second kappa shape index (κ2) is 4.11. The first-order valence-corrected chi connectivity index (χ1v) is 6.28. The van der Waals surface area contributed by atoms with E-state index in [1.807, 2.05) is 18.5 Å². The van der Waals surface area contributed by atoms with Gasteiger partial charge in [-0.15, -0.1) is 0 Å². The minimum absolute atomic E-state index is 0.487. The standard InChI is InChI=1S/C13H18N4/c1-8-5-10(6-9(2)16-8)13-15-7-12-11(17-13)3-4-14-12/h3-4,7-10,14,16H,5-6H2,1-2H3. The molecule has 0 amide bonds. The van der Waals surface area contributed by atoms with Gasteiger partial charge in [0.1, 0.15) is 5.82 Å². The summed E-state index contributed by atoms with van der Waals surface area (Å²) >= 11 is 0. The predicted octanol–water partition coefficient (Wildman–Crippen LogP) is 2.20. The van der Waals surface area contributed by atoms with Crippen molar-refractivity contribution in [2.45, 2.75) is 44.7 Å². The van der Waals surface area contributed by atoms with Gasteiger partial charge in [-0.1, -0.05) is 0 Å². The lowest BCUT2D eigenvalue weighted by atomic mass is 9.88. The highest BCUT2D eigenvalue weighted by Gasteiger charge is 2.26. The van der Waals surface area contributed by atoms with Crippen molar-refractivity contribution in [3.8, 4) is 0 Å². The summed E-state index contributed by atoms with van der Waals surface area (Å²) in [6.07, 6.45) is 6.06. The van der Waals surface area contributed by atoms with Gasteiger partial charge >= 0.3 is 0 Å². The van der Waals surface area contributed by atoms with Crippen LogP contribution in [-0.4, -0.2) is 27.0 Å². The van der Waals surface area contributed by atoms with Gasteiger partial charge in [0.25, 0.3) is 0 Å². The van der Waals surface area contributed by atoms with Crippen LogP contribution in [0.5, 0.6) is 0 Å². The molecule has 1 fully saturated rings. The smallest absolute Gasteiger partial charge is 0.132 e. The monoisotopic (exact) mass is 230 g/mol. The number of aromatic amines is 1. The van der Waals surface area contributed by atoms with E-state index in [-0.39, 0.29) is 0 Å². The largest absolute Gasteiger partial charge is 0.359 e. The second-order valence-corrected chi connectivity index (χ2v) is 5.14. The Morgan fingerprint density at radius 3 is 2.76 bits per heavy atom. The Bertz CT molecular complexity index is 509. The maximum Gasteiger partial charge on any atom is 0.132 e. The van der Waals surface area contributed by atoms with Crippen LogP contribution >= 0.6 is 0 Å². The summed E-state index contributed by atoms with van der Waals surface area (Å²) in [6.45, 7) is 4.47. The molecule has 4 nitrogen and oxygen atoms in total. The van der Waals surface area contributed by atoms with Gasteiger partial charge in [0.2, 0.25) is 0 Å². The summed E-state index contributed by atoms with van der Waals surface area (Å²) < 4.78 is 0. The molecule has 0 spiro atoms. The number of rotatable bonds is 1. The highest BCUT2D eigenvalue weighted by molar-refractivity contribution is 5.73. The van der Waals surface area contributed by atoms with E-state index in [1.54, 1.807) is 0 Å². The van der Waals surface area contributed by atoms with Crippen molar-refractivity contribution in [1.29, 1.82) is 0 Å². The average molecular weight is 230 g/mol. The van der Waals surface area contributed by atoms with E-state index in [1.165, 1.54) is 0 Å². The van der Waals surface area contributed by atoms with Crippen molar-refractivity contribution >= 4 is 11.0 Å². The molecule has 90 valence electrons. The van der Waals surface area contributed by atoms with Gasteiger partial charge in [-0.3, -0.25) is 0 Å². The molecule has 1 aliphatic heterocycles. The molecule has 0 saturated carbocycles. The molecule has 2 unspecified atom stereocenters. The van der Waals surface area contributed by atoms with Gasteiger partial charge < -0.3 is 10.3 Å². The maximum atomic E-state index is 4.66. The van der Waals surface area contributed by atoms with Crippen LogP contribution < -0.4 is 5.32 Å². The highest BCUT2D eigenvalue weighted by Crippen LogP contribution is 2.28. The van der Waals surface area contributed by atoms with E-state index >= 15 is 0 Å². The van der Waals surface area contributed by atoms with Gasteiger partial charge in [-0.25, -0.2) is 9.97 Å². The summed E-state index contributed by atoms with van der Waals surface area (Å²) in [4.78, 5) is 12.3. The fourth-order valence-electron chi connectivity index (χ4n) is 2.84. The second-order valence-electron chi connectivity index (χ2n) is 5.14. The minimum atomic E-state index is 0.487. The fourth-order valence-corrected chi connectivity index (χ4v) is 2.84. The molecule has 4 heteroatoms. The Morgan fingerprint density at radius 2 is 2.00 bits per heavy atom. The van der Waals surface area contributed by atoms with Crippen LogP contribution in [-0.2, 0) is 0 Å². The van der Waals surface area contributed by atoms with Crippen molar-refractivity contribution in [3.05, 3.63) is 24.3 Å². The first kappa shape index (κ1) is 10.7. The molecule has 3 rings (SSSR count). The summed E-state index contributed by atoms with van der Waals surface area (Å²) in [5.74, 6) is 1.48. The molecule has 2 aromatic heterocycles. The molecule has 1 aliphatic rings. The van der Waals surface area contributed by atoms with E-state index in [4.69, 9.17) is 0 Å². The van der Waals surface area contributed by atoms with Crippen LogP contribution in [0.15, 0.2) is 18.5 Å². The van der Waals surface area contributed by atoms with Crippen molar-refractivity contribution in [1.82, 2.24) is 20.3 Å². The average Bonchev–Trinajstić information content (AvgIpc) is 2.74.